The van der Waals surface area contributed by atoms with Gasteiger partial charge in [-0.3, -0.25) is 23.7 Å². The van der Waals surface area contributed by atoms with Gasteiger partial charge >= 0.3 is 13.3 Å². The van der Waals surface area contributed by atoms with Crippen LogP contribution in [0.3, 0.4) is 0 Å². The zero-order valence-electron chi connectivity index (χ0n) is 28.8. The summed E-state index contributed by atoms with van der Waals surface area (Å²) in [5.74, 6) is -1.56. The maximum Gasteiger partial charge on any atom is 0.399 e. The Morgan fingerprint density at radius 3 is 2.42 bits per heavy atom. The number of morpholine rings is 1. The number of nitrogens with zero attached hydrogens (tertiary/aromatic N) is 3. The average Bonchev–Trinajstić information content (AvgIpc) is 3.75. The third-order valence-corrected chi connectivity index (χ3v) is 12.7. The largest absolute Gasteiger partial charge is 0.399 e. The fourth-order valence-corrected chi connectivity index (χ4v) is 9.07. The molecule has 5 heterocycles. The minimum absolute atomic E-state index is 0.00173. The van der Waals surface area contributed by atoms with Crippen molar-refractivity contribution in [2.75, 3.05) is 39.4 Å². The van der Waals surface area contributed by atoms with Crippen LogP contribution in [-0.4, -0.2) is 112 Å². The van der Waals surface area contributed by atoms with Gasteiger partial charge in [-0.25, -0.2) is 0 Å². The molecule has 284 valence electrons. The fraction of sp³-hybridized carbons (Fsp3) is 0.500. The molecule has 0 bridgehead atoms. The SMILES string of the molecule is O=C(N[C@H]1CC[C@@H](OCc2ccccc2)C[C@H]2CC[C@@H](C(=O)N3CC(C(=O)N4CCOCC4)C3)N2C1=O)c1cc2cc(C(F)(F)P(=O)(O)O)ccc2s1. The van der Waals surface area contributed by atoms with Crippen LogP contribution in [0.5, 0.6) is 0 Å². The summed E-state index contributed by atoms with van der Waals surface area (Å²) in [5.41, 5.74) is -4.31. The number of likely N-dealkylation sites (tertiary alicyclic amines) is 1. The number of amides is 4. The van der Waals surface area contributed by atoms with E-state index >= 15 is 0 Å². The lowest BCUT2D eigenvalue weighted by Gasteiger charge is -2.44. The first-order chi connectivity index (χ1) is 25.3. The quantitative estimate of drug-likeness (QED) is 0.275. The monoisotopic (exact) mass is 774 g/mol. The highest BCUT2D eigenvalue weighted by molar-refractivity contribution is 7.52. The van der Waals surface area contributed by atoms with Crippen LogP contribution < -0.4 is 5.32 Å². The molecule has 0 radical (unpaired) electrons. The van der Waals surface area contributed by atoms with Crippen LogP contribution >= 0.6 is 18.9 Å². The summed E-state index contributed by atoms with van der Waals surface area (Å²) in [6, 6.07) is 12.0. The van der Waals surface area contributed by atoms with Gasteiger partial charge in [0.25, 0.3) is 5.91 Å². The molecule has 17 heteroatoms. The van der Waals surface area contributed by atoms with Crippen molar-refractivity contribution in [2.45, 2.75) is 68.6 Å². The summed E-state index contributed by atoms with van der Waals surface area (Å²) in [6.07, 6.45) is 1.91. The smallest absolute Gasteiger partial charge is 0.378 e. The van der Waals surface area contributed by atoms with Crippen molar-refractivity contribution >= 4 is 52.6 Å². The zero-order chi connectivity index (χ0) is 37.5. The summed E-state index contributed by atoms with van der Waals surface area (Å²) < 4.78 is 52.4. The molecule has 0 saturated carbocycles. The van der Waals surface area contributed by atoms with Crippen LogP contribution in [0.25, 0.3) is 10.1 Å². The number of halogens is 2. The van der Waals surface area contributed by atoms with Crippen molar-refractivity contribution in [1.82, 2.24) is 20.0 Å². The van der Waals surface area contributed by atoms with Crippen LogP contribution in [0.15, 0.2) is 54.6 Å². The lowest BCUT2D eigenvalue weighted by Crippen LogP contribution is -2.63. The number of carbonyl (C=O) groups excluding carboxylic acids is 4. The summed E-state index contributed by atoms with van der Waals surface area (Å²) >= 11 is 0.990. The Balaban J connectivity index is 1.08. The number of ether oxygens (including phenoxy) is 2. The molecule has 13 nitrogen and oxygen atoms in total. The fourth-order valence-electron chi connectivity index (χ4n) is 7.65. The van der Waals surface area contributed by atoms with Gasteiger partial charge in [0.1, 0.15) is 12.1 Å². The van der Waals surface area contributed by atoms with Crippen molar-refractivity contribution in [3.8, 4) is 0 Å². The Morgan fingerprint density at radius 1 is 0.962 bits per heavy atom. The molecule has 1 aromatic heterocycles. The highest BCUT2D eigenvalue weighted by Crippen LogP contribution is 2.59. The molecule has 2 aromatic carbocycles. The number of benzene rings is 2. The maximum atomic E-state index is 14.4. The number of alkyl halides is 2. The van der Waals surface area contributed by atoms with E-state index in [1.165, 1.54) is 12.1 Å². The van der Waals surface area contributed by atoms with E-state index < -0.39 is 42.7 Å². The first kappa shape index (κ1) is 37.5. The van der Waals surface area contributed by atoms with Crippen LogP contribution in [0.4, 0.5) is 8.78 Å². The van der Waals surface area contributed by atoms with E-state index in [1.54, 1.807) is 14.7 Å². The molecule has 0 unspecified atom stereocenters. The summed E-state index contributed by atoms with van der Waals surface area (Å²) in [6.45, 7) is 2.90. The van der Waals surface area contributed by atoms with E-state index in [1.807, 2.05) is 30.3 Å². The van der Waals surface area contributed by atoms with Gasteiger partial charge < -0.3 is 39.3 Å². The predicted octanol–water partition coefficient (Wildman–Crippen LogP) is 3.67. The number of rotatable bonds is 9. The Kier molecular flexibility index (Phi) is 10.7. The predicted molar refractivity (Wildman–Crippen MR) is 189 cm³/mol. The Labute approximate surface area is 308 Å². The zero-order valence-corrected chi connectivity index (χ0v) is 30.5. The van der Waals surface area contributed by atoms with Gasteiger partial charge in [-0.05, 0) is 61.3 Å². The molecule has 4 fully saturated rings. The summed E-state index contributed by atoms with van der Waals surface area (Å²) in [7, 11) is -5.80. The standard InChI is InChI=1S/C36H41F2N4O9PS/c37-36(38,52(47,48)49)25-6-11-30-23(16-25)17-31(53-30)32(43)39-28-9-8-27(51-21-22-4-2-1-3-5-22)18-26-7-10-29(42(26)34(28)45)35(46)41-19-24(20-41)33(44)40-12-14-50-15-13-40/h1-6,11,16-17,24,26-29H,7-10,12-15,18-21H2,(H,39,43)(H2,47,48,49)/t26-,27-,28+,29+/m1/s1. The topological polar surface area (TPSA) is 166 Å². The van der Waals surface area contributed by atoms with Crippen molar-refractivity contribution in [2.24, 2.45) is 5.92 Å². The Morgan fingerprint density at radius 2 is 1.70 bits per heavy atom. The van der Waals surface area contributed by atoms with Gasteiger partial charge in [0.2, 0.25) is 17.7 Å². The summed E-state index contributed by atoms with van der Waals surface area (Å²) in [5, 5.41) is 3.02. The molecule has 3 N–H and O–H groups in total. The molecule has 53 heavy (non-hydrogen) atoms. The molecule has 4 saturated heterocycles. The van der Waals surface area contributed by atoms with Gasteiger partial charge in [-0.15, -0.1) is 11.3 Å². The third-order valence-electron chi connectivity index (χ3n) is 10.6. The van der Waals surface area contributed by atoms with E-state index in [-0.39, 0.29) is 59.7 Å². The van der Waals surface area contributed by atoms with E-state index in [4.69, 9.17) is 9.47 Å². The van der Waals surface area contributed by atoms with Crippen molar-refractivity contribution in [3.63, 3.8) is 0 Å². The van der Waals surface area contributed by atoms with Crippen molar-refractivity contribution < 1.29 is 51.8 Å². The molecule has 4 amide bonds. The van der Waals surface area contributed by atoms with Crippen molar-refractivity contribution in [3.05, 3.63) is 70.6 Å². The molecule has 4 aliphatic heterocycles. The summed E-state index contributed by atoms with van der Waals surface area (Å²) in [4.78, 5) is 78.4. The second-order valence-corrected chi connectivity index (χ2v) is 16.8. The van der Waals surface area contributed by atoms with Gasteiger partial charge in [0.15, 0.2) is 0 Å². The number of fused-ring (bicyclic) bond motifs is 2. The number of carbonyl (C=O) groups is 4. The number of thiophene rings is 1. The minimum atomic E-state index is -5.80. The maximum absolute atomic E-state index is 14.4. The first-order valence-electron chi connectivity index (χ1n) is 17.7. The normalized spacial score (nSPS) is 24.4. The average molecular weight is 775 g/mol. The third kappa shape index (κ3) is 7.76. The van der Waals surface area contributed by atoms with Crippen LogP contribution in [0, 0.1) is 5.92 Å². The van der Waals surface area contributed by atoms with Crippen LogP contribution in [0.1, 0.15) is 52.9 Å². The molecule has 4 atom stereocenters. The van der Waals surface area contributed by atoms with E-state index in [2.05, 4.69) is 5.32 Å². The second-order valence-electron chi connectivity index (χ2n) is 14.1. The molecule has 4 aliphatic rings. The number of hydrogen-bond donors (Lipinski definition) is 3. The van der Waals surface area contributed by atoms with Gasteiger partial charge in [-0.1, -0.05) is 36.4 Å². The first-order valence-corrected chi connectivity index (χ1v) is 20.1. The Bertz CT molecular complexity index is 1910. The molecule has 3 aromatic rings. The van der Waals surface area contributed by atoms with Crippen LogP contribution in [0.2, 0.25) is 0 Å². The van der Waals surface area contributed by atoms with Gasteiger partial charge in [0, 0.05) is 42.5 Å². The lowest BCUT2D eigenvalue weighted by molar-refractivity contribution is -0.157. The van der Waals surface area contributed by atoms with Crippen LogP contribution in [-0.2, 0) is 40.7 Å². The highest BCUT2D eigenvalue weighted by atomic mass is 32.1. The van der Waals surface area contributed by atoms with Crippen molar-refractivity contribution in [1.29, 1.82) is 0 Å². The number of nitrogens with one attached hydrogen (secondary N) is 1. The minimum Gasteiger partial charge on any atom is -0.378 e. The second kappa shape index (κ2) is 15.2. The molecular formula is C36H41F2N4O9PS. The van der Waals surface area contributed by atoms with E-state index in [0.29, 0.717) is 63.3 Å². The molecule has 7 rings (SSSR count). The molecule has 0 spiro atoms. The highest BCUT2D eigenvalue weighted by Gasteiger charge is 2.51. The lowest BCUT2D eigenvalue weighted by atomic mass is 9.95. The van der Waals surface area contributed by atoms with E-state index in [0.717, 1.165) is 29.0 Å². The molecular weight excluding hydrogens is 733 g/mol. The van der Waals surface area contributed by atoms with Gasteiger partial charge in [-0.2, -0.15) is 8.78 Å². The van der Waals surface area contributed by atoms with Gasteiger partial charge in [0.05, 0.1) is 36.7 Å². The number of hydrogen-bond acceptors (Lipinski definition) is 8. The molecule has 0 aliphatic carbocycles. The van der Waals surface area contributed by atoms with E-state index in [9.17, 15) is 42.3 Å². The Hall–Kier alpha value is -3.79.